The Morgan fingerprint density at radius 3 is 2.53 bits per heavy atom. The standard InChI is InChI=1S/C31H30N4O3/c1-2-3-21-15-24-25(16-27(21)35-10-8-34(9-11-35)22-18-38-19-22)31(6-12-37-13-7-31)30-28(29(24)36)23-5-4-20(17-32)14-26(23)33-30/h4-5,14-16,22,33H,6-13,18-19H2,1H3. The van der Waals surface area contributed by atoms with Gasteiger partial charge in [0.25, 0.3) is 0 Å². The van der Waals surface area contributed by atoms with Crippen LogP contribution in [0.3, 0.4) is 0 Å². The lowest BCUT2D eigenvalue weighted by atomic mass is 9.64. The van der Waals surface area contributed by atoms with Gasteiger partial charge in [-0.25, -0.2) is 0 Å². The number of benzene rings is 2. The molecule has 3 aliphatic heterocycles. The van der Waals surface area contributed by atoms with Crippen molar-refractivity contribution < 1.29 is 14.3 Å². The van der Waals surface area contributed by atoms with Crippen molar-refractivity contribution in [2.75, 3.05) is 57.5 Å². The van der Waals surface area contributed by atoms with Crippen molar-refractivity contribution in [1.29, 1.82) is 5.26 Å². The summed E-state index contributed by atoms with van der Waals surface area (Å²) in [6.45, 7) is 8.63. The molecule has 0 unspecified atom stereocenters. The van der Waals surface area contributed by atoms with Crippen LogP contribution in [0.5, 0.6) is 0 Å². The van der Waals surface area contributed by atoms with Gasteiger partial charge in [-0.2, -0.15) is 5.26 Å². The van der Waals surface area contributed by atoms with E-state index in [1.807, 2.05) is 25.1 Å². The third-order valence-corrected chi connectivity index (χ3v) is 8.93. The molecule has 7 rings (SSSR count). The van der Waals surface area contributed by atoms with Crippen LogP contribution >= 0.6 is 0 Å². The SMILES string of the molecule is CC#Cc1cc2c(cc1N1CCN(C3COC3)CC1)C1(CCOCC1)c1[nH]c3cc(C#N)ccc3c1C2=O. The van der Waals surface area contributed by atoms with Gasteiger partial charge >= 0.3 is 0 Å². The van der Waals surface area contributed by atoms with Crippen LogP contribution < -0.4 is 4.90 Å². The molecule has 1 aliphatic carbocycles. The largest absolute Gasteiger partial charge is 0.381 e. The molecule has 0 saturated carbocycles. The predicted octanol–water partition coefficient (Wildman–Crippen LogP) is 3.57. The van der Waals surface area contributed by atoms with Crippen LogP contribution in [-0.2, 0) is 14.9 Å². The zero-order chi connectivity index (χ0) is 25.9. The molecule has 3 saturated heterocycles. The molecule has 7 heteroatoms. The maximum atomic E-state index is 14.2. The van der Waals surface area contributed by atoms with Crippen LogP contribution in [0.2, 0.25) is 0 Å². The van der Waals surface area contributed by atoms with E-state index in [0.29, 0.717) is 24.8 Å². The highest BCUT2D eigenvalue weighted by molar-refractivity contribution is 6.20. The van der Waals surface area contributed by atoms with Gasteiger partial charge in [-0.15, -0.1) is 5.92 Å². The first-order valence-electron chi connectivity index (χ1n) is 13.5. The van der Waals surface area contributed by atoms with Crippen LogP contribution in [0, 0.1) is 23.2 Å². The fourth-order valence-electron chi connectivity index (χ4n) is 6.80. The highest BCUT2D eigenvalue weighted by Crippen LogP contribution is 2.50. The van der Waals surface area contributed by atoms with Gasteiger partial charge in [-0.1, -0.05) is 12.0 Å². The molecule has 7 nitrogen and oxygen atoms in total. The molecular weight excluding hydrogens is 476 g/mol. The summed E-state index contributed by atoms with van der Waals surface area (Å²) in [5, 5.41) is 10.3. The zero-order valence-corrected chi connectivity index (χ0v) is 21.6. The first-order chi connectivity index (χ1) is 18.6. The Balaban J connectivity index is 1.38. The van der Waals surface area contributed by atoms with Gasteiger partial charge in [0.1, 0.15) is 0 Å². The number of piperazine rings is 1. The second-order valence-corrected chi connectivity index (χ2v) is 10.8. The number of ether oxygens (including phenoxy) is 2. The normalized spacial score (nSPS) is 20.8. The van der Waals surface area contributed by atoms with E-state index < -0.39 is 0 Å². The number of hydrogen-bond donors (Lipinski definition) is 1. The Bertz CT molecular complexity index is 1550. The summed E-state index contributed by atoms with van der Waals surface area (Å²) >= 11 is 0. The van der Waals surface area contributed by atoms with Crippen LogP contribution in [0.1, 0.15) is 58.1 Å². The number of fused-ring (bicyclic) bond motifs is 6. The van der Waals surface area contributed by atoms with E-state index in [1.54, 1.807) is 6.07 Å². The molecule has 3 aromatic rings. The molecule has 4 aliphatic rings. The number of carbonyl (C=O) groups excluding carboxylic acids is 1. The highest BCUT2D eigenvalue weighted by Gasteiger charge is 2.47. The fraction of sp³-hybridized carbons (Fsp3) is 0.419. The molecule has 0 atom stereocenters. The molecule has 4 heterocycles. The molecule has 2 aromatic carbocycles. The number of nitrogens with one attached hydrogen (secondary N) is 1. The van der Waals surface area contributed by atoms with E-state index in [1.165, 1.54) is 0 Å². The van der Waals surface area contributed by atoms with Crippen LogP contribution in [0.4, 0.5) is 5.69 Å². The van der Waals surface area contributed by atoms with Crippen molar-refractivity contribution in [3.05, 3.63) is 63.8 Å². The minimum absolute atomic E-state index is 0.0311. The number of nitrogens with zero attached hydrogens (tertiary/aromatic N) is 3. The van der Waals surface area contributed by atoms with Crippen molar-refractivity contribution >= 4 is 22.4 Å². The van der Waals surface area contributed by atoms with E-state index in [0.717, 1.165) is 96.8 Å². The number of anilines is 1. The van der Waals surface area contributed by atoms with Crippen LogP contribution in [0.25, 0.3) is 10.9 Å². The number of H-pyrrole nitrogens is 1. The van der Waals surface area contributed by atoms with Crippen LogP contribution in [-0.4, -0.2) is 74.3 Å². The van der Waals surface area contributed by atoms with E-state index in [-0.39, 0.29) is 11.2 Å². The summed E-state index contributed by atoms with van der Waals surface area (Å²) in [5.41, 5.74) is 6.64. The van der Waals surface area contributed by atoms with Gasteiger partial charge in [0.2, 0.25) is 0 Å². The molecular formula is C31H30N4O3. The monoisotopic (exact) mass is 506 g/mol. The lowest BCUT2D eigenvalue weighted by Gasteiger charge is -2.45. The van der Waals surface area contributed by atoms with Crippen molar-refractivity contribution in [1.82, 2.24) is 9.88 Å². The number of aromatic nitrogens is 1. The molecule has 192 valence electrons. The molecule has 38 heavy (non-hydrogen) atoms. The summed E-state index contributed by atoms with van der Waals surface area (Å²) in [7, 11) is 0. The van der Waals surface area contributed by atoms with Crippen molar-refractivity contribution in [3.63, 3.8) is 0 Å². The number of carbonyl (C=O) groups is 1. The van der Waals surface area contributed by atoms with E-state index in [4.69, 9.17) is 9.47 Å². The van der Waals surface area contributed by atoms with Crippen molar-refractivity contribution in [2.45, 2.75) is 31.2 Å². The highest BCUT2D eigenvalue weighted by atomic mass is 16.5. The quantitative estimate of drug-likeness (QED) is 0.536. The molecule has 0 amide bonds. The minimum Gasteiger partial charge on any atom is -0.381 e. The Kier molecular flexibility index (Phi) is 5.56. The molecule has 1 N–H and O–H groups in total. The first-order valence-corrected chi connectivity index (χ1v) is 13.5. The average molecular weight is 507 g/mol. The Labute approximate surface area is 222 Å². The molecule has 1 aromatic heterocycles. The van der Waals surface area contributed by atoms with Crippen molar-refractivity contribution in [3.8, 4) is 17.9 Å². The summed E-state index contributed by atoms with van der Waals surface area (Å²) in [6, 6.07) is 12.6. The van der Waals surface area contributed by atoms with Gasteiger partial charge in [0, 0.05) is 72.5 Å². The van der Waals surface area contributed by atoms with Gasteiger partial charge < -0.3 is 19.4 Å². The molecule has 0 bridgehead atoms. The second kappa shape index (κ2) is 8.99. The number of hydrogen-bond acceptors (Lipinski definition) is 6. The third kappa shape index (κ3) is 3.43. The predicted molar refractivity (Wildman–Crippen MR) is 145 cm³/mol. The molecule has 3 fully saturated rings. The summed E-state index contributed by atoms with van der Waals surface area (Å²) in [4.78, 5) is 22.7. The maximum Gasteiger partial charge on any atom is 0.195 e. The number of ketones is 1. The topological polar surface area (TPSA) is 81.6 Å². The lowest BCUT2D eigenvalue weighted by molar-refractivity contribution is -0.0660. The number of nitriles is 1. The average Bonchev–Trinajstić information content (AvgIpc) is 3.32. The minimum atomic E-state index is -0.347. The summed E-state index contributed by atoms with van der Waals surface area (Å²) in [6.07, 6.45) is 1.60. The summed E-state index contributed by atoms with van der Waals surface area (Å²) < 4.78 is 11.2. The van der Waals surface area contributed by atoms with E-state index >= 15 is 0 Å². The Hall–Kier alpha value is -3.62. The van der Waals surface area contributed by atoms with Crippen molar-refractivity contribution in [2.24, 2.45) is 0 Å². The second-order valence-electron chi connectivity index (χ2n) is 10.8. The number of aromatic amines is 1. The first kappa shape index (κ1) is 23.5. The van der Waals surface area contributed by atoms with Gasteiger partial charge in [-0.3, -0.25) is 9.69 Å². The fourth-order valence-corrected chi connectivity index (χ4v) is 6.80. The third-order valence-electron chi connectivity index (χ3n) is 8.93. The van der Waals surface area contributed by atoms with Gasteiger partial charge in [-0.05, 0) is 49.6 Å². The maximum absolute atomic E-state index is 14.2. The van der Waals surface area contributed by atoms with Crippen LogP contribution in [0.15, 0.2) is 30.3 Å². The van der Waals surface area contributed by atoms with E-state index in [9.17, 15) is 10.1 Å². The Morgan fingerprint density at radius 2 is 1.84 bits per heavy atom. The smallest absolute Gasteiger partial charge is 0.195 e. The Morgan fingerprint density at radius 1 is 1.05 bits per heavy atom. The number of rotatable bonds is 2. The van der Waals surface area contributed by atoms with E-state index in [2.05, 4.69) is 38.8 Å². The molecule has 1 spiro atoms. The molecule has 0 radical (unpaired) electrons. The zero-order valence-electron chi connectivity index (χ0n) is 21.6. The summed E-state index contributed by atoms with van der Waals surface area (Å²) in [5.74, 6) is 6.43. The lowest BCUT2D eigenvalue weighted by Crippen LogP contribution is -2.56. The van der Waals surface area contributed by atoms with Gasteiger partial charge in [0.05, 0.1) is 42.1 Å². The van der Waals surface area contributed by atoms with Gasteiger partial charge in [0.15, 0.2) is 5.78 Å².